The second-order valence-corrected chi connectivity index (χ2v) is 23.1. The predicted octanol–water partition coefficient (Wildman–Crippen LogP) is -0.0223. The van der Waals surface area contributed by atoms with E-state index in [0.29, 0.717) is 57.9 Å². The number of amides is 6. The standard InChI is InChI=1S/C48H70N10O14S2/c1-47(2,32-72-48(3,4)21-9-27-59)53-44(64)37-10-6-23-57(37)46(66)39-12-8-24-58(39)45(65)38-11-7-22-56(38)42(62)30-54(28-40(60)51-33-13-17-35(18-14-33)73(49,67)68)25-26-55(31-43(63)71-5)29-41(61)52-34-15-19-36(20-16-34)74(50,69)70/h13-20,27,37-39H,6-12,21-26,28-32H2,1-5H3,(H,51,60)(H,52,61)(H,53,64)(H2,49,67,68)(H2,50,69,70)/t37-,38-,39-/m0/s1. The van der Waals surface area contributed by atoms with Gasteiger partial charge in [0.2, 0.25) is 55.5 Å². The summed E-state index contributed by atoms with van der Waals surface area (Å²) < 4.78 is 58.0. The van der Waals surface area contributed by atoms with Crippen molar-refractivity contribution in [1.82, 2.24) is 29.8 Å². The van der Waals surface area contributed by atoms with Crippen LogP contribution in [0.5, 0.6) is 0 Å². The van der Waals surface area contributed by atoms with E-state index in [9.17, 15) is 55.2 Å². The highest BCUT2D eigenvalue weighted by Crippen LogP contribution is 2.29. The molecule has 2 aromatic carbocycles. The van der Waals surface area contributed by atoms with Crippen LogP contribution in [0.4, 0.5) is 11.4 Å². The van der Waals surface area contributed by atoms with Crippen molar-refractivity contribution >= 4 is 79.1 Å². The van der Waals surface area contributed by atoms with E-state index in [2.05, 4.69) is 16.0 Å². The number of likely N-dealkylation sites (tertiary alicyclic amines) is 3. The number of nitrogens with two attached hydrogens (primary N) is 2. The first-order chi connectivity index (χ1) is 34.7. The van der Waals surface area contributed by atoms with Gasteiger partial charge < -0.3 is 44.9 Å². The van der Waals surface area contributed by atoms with Gasteiger partial charge in [-0.15, -0.1) is 0 Å². The van der Waals surface area contributed by atoms with E-state index >= 15 is 0 Å². The molecule has 6 amide bonds. The normalized spacial score (nSPS) is 18.4. The number of rotatable bonds is 25. The molecule has 2 aromatic rings. The molecule has 24 nitrogen and oxygen atoms in total. The molecule has 0 aliphatic carbocycles. The van der Waals surface area contributed by atoms with E-state index in [1.807, 2.05) is 27.7 Å². The molecule has 74 heavy (non-hydrogen) atoms. The monoisotopic (exact) mass is 1070 g/mol. The molecule has 5 rings (SSSR count). The molecule has 408 valence electrons. The lowest BCUT2D eigenvalue weighted by molar-refractivity contribution is -0.151. The highest BCUT2D eigenvalue weighted by Gasteiger charge is 2.46. The minimum absolute atomic E-state index is 0.0716. The van der Waals surface area contributed by atoms with E-state index in [1.165, 1.54) is 73.0 Å². The van der Waals surface area contributed by atoms with Gasteiger partial charge in [0, 0.05) is 50.5 Å². The van der Waals surface area contributed by atoms with Crippen LogP contribution in [0.3, 0.4) is 0 Å². The third kappa shape index (κ3) is 17.1. The highest BCUT2D eigenvalue weighted by atomic mass is 32.2. The quantitative estimate of drug-likeness (QED) is 0.0644. The number of aldehydes is 1. The number of hydrogen-bond donors (Lipinski definition) is 5. The lowest BCUT2D eigenvalue weighted by Gasteiger charge is -2.36. The molecule has 0 radical (unpaired) electrons. The van der Waals surface area contributed by atoms with Crippen LogP contribution in [0, 0.1) is 0 Å². The SMILES string of the molecule is COC(=O)CN(CCN(CC(=O)Nc1ccc(S(N)(=O)=O)cc1)CC(=O)N1CCC[C@H]1C(=O)N1CCC[C@H]1C(=O)N1CCC[C@H]1C(=O)NC(C)(C)COC(C)(C)CCC=O)CC(=O)Nc1ccc(S(N)(=O)=O)cc1. The van der Waals surface area contributed by atoms with Crippen molar-refractivity contribution in [2.45, 2.75) is 118 Å². The van der Waals surface area contributed by atoms with E-state index in [-0.39, 0.29) is 78.9 Å². The third-order valence-electron chi connectivity index (χ3n) is 13.0. The minimum Gasteiger partial charge on any atom is -0.468 e. The number of sulfonamides is 2. The molecule has 3 atom stereocenters. The number of carbonyl (C=O) groups excluding carboxylic acids is 8. The first-order valence-corrected chi connectivity index (χ1v) is 27.5. The summed E-state index contributed by atoms with van der Waals surface area (Å²) in [6.45, 7) is 6.59. The summed E-state index contributed by atoms with van der Waals surface area (Å²) in [5.41, 5.74) is -0.950. The lowest BCUT2D eigenvalue weighted by Crippen LogP contribution is -2.58. The number of primary sulfonamides is 2. The topological polar surface area (TPSA) is 328 Å². The Hall–Kier alpha value is -5.90. The fourth-order valence-electron chi connectivity index (χ4n) is 9.11. The molecular weight excluding hydrogens is 1000 g/mol. The molecule has 3 aliphatic rings. The molecule has 0 spiro atoms. The molecule has 3 saturated heterocycles. The number of esters is 1. The summed E-state index contributed by atoms with van der Waals surface area (Å²) in [6, 6.07) is 7.61. The number of ether oxygens (including phenoxy) is 2. The number of carbonyl (C=O) groups is 8. The van der Waals surface area contributed by atoms with Crippen molar-refractivity contribution < 1.29 is 64.7 Å². The van der Waals surface area contributed by atoms with Gasteiger partial charge >= 0.3 is 5.97 Å². The molecule has 0 unspecified atom stereocenters. The van der Waals surface area contributed by atoms with Crippen LogP contribution in [-0.2, 0) is 67.9 Å². The summed E-state index contributed by atoms with van der Waals surface area (Å²) >= 11 is 0. The Balaban J connectivity index is 1.28. The molecule has 0 saturated carbocycles. The predicted molar refractivity (Wildman–Crippen MR) is 270 cm³/mol. The van der Waals surface area contributed by atoms with E-state index in [1.54, 1.807) is 0 Å². The molecular formula is C48H70N10O14S2. The second-order valence-electron chi connectivity index (χ2n) is 20.0. The van der Waals surface area contributed by atoms with Crippen molar-refractivity contribution in [3.8, 4) is 0 Å². The molecule has 0 aromatic heterocycles. The Morgan fingerprint density at radius 3 is 1.55 bits per heavy atom. The van der Waals surface area contributed by atoms with Gasteiger partial charge in [-0.05, 0) is 121 Å². The van der Waals surface area contributed by atoms with Crippen LogP contribution in [0.25, 0.3) is 0 Å². The maximum absolute atomic E-state index is 14.5. The summed E-state index contributed by atoms with van der Waals surface area (Å²) in [7, 11) is -6.85. The second kappa shape index (κ2) is 25.6. The van der Waals surface area contributed by atoms with Crippen LogP contribution >= 0.6 is 0 Å². The van der Waals surface area contributed by atoms with E-state index in [4.69, 9.17) is 19.8 Å². The van der Waals surface area contributed by atoms with Crippen molar-refractivity contribution in [2.75, 3.05) is 83.3 Å². The number of hydrogen-bond acceptors (Lipinski definition) is 16. The Morgan fingerprint density at radius 1 is 0.662 bits per heavy atom. The number of methoxy groups -OCH3 is 1. The number of nitrogens with zero attached hydrogens (tertiary/aromatic N) is 5. The maximum atomic E-state index is 14.5. The Bertz CT molecular complexity index is 2600. The van der Waals surface area contributed by atoms with Crippen LogP contribution in [0.15, 0.2) is 58.3 Å². The highest BCUT2D eigenvalue weighted by molar-refractivity contribution is 7.89. The van der Waals surface area contributed by atoms with Gasteiger partial charge in [0.05, 0.1) is 60.8 Å². The fourth-order valence-corrected chi connectivity index (χ4v) is 10.1. The Kier molecular flexibility index (Phi) is 20.4. The molecule has 3 fully saturated rings. The Labute approximate surface area is 432 Å². The van der Waals surface area contributed by atoms with Gasteiger partial charge in [-0.1, -0.05) is 0 Å². The van der Waals surface area contributed by atoms with Gasteiger partial charge in [0.15, 0.2) is 0 Å². The molecule has 0 bridgehead atoms. The summed E-state index contributed by atoms with van der Waals surface area (Å²) in [4.78, 5) is 114. The first-order valence-electron chi connectivity index (χ1n) is 24.4. The average Bonchev–Trinajstić information content (AvgIpc) is 4.14. The van der Waals surface area contributed by atoms with Crippen molar-refractivity contribution in [2.24, 2.45) is 10.3 Å². The number of anilines is 2. The largest absolute Gasteiger partial charge is 0.468 e. The average molecular weight is 1080 g/mol. The Morgan fingerprint density at radius 2 is 1.09 bits per heavy atom. The first kappa shape index (κ1) is 59.0. The zero-order chi connectivity index (χ0) is 54.6. The van der Waals surface area contributed by atoms with Crippen LogP contribution in [-0.4, -0.2) is 191 Å². The molecule has 3 heterocycles. The fraction of sp³-hybridized carbons (Fsp3) is 0.583. The summed E-state index contributed by atoms with van der Waals surface area (Å²) in [6.07, 6.45) is 4.35. The smallest absolute Gasteiger partial charge is 0.319 e. The van der Waals surface area contributed by atoms with Gasteiger partial charge in [0.1, 0.15) is 24.4 Å². The van der Waals surface area contributed by atoms with Crippen molar-refractivity contribution in [3.63, 3.8) is 0 Å². The summed E-state index contributed by atoms with van der Waals surface area (Å²) in [5.74, 6) is -3.53. The lowest BCUT2D eigenvalue weighted by atomic mass is 10.0. The third-order valence-corrected chi connectivity index (χ3v) is 14.9. The van der Waals surface area contributed by atoms with Crippen LogP contribution < -0.4 is 26.2 Å². The van der Waals surface area contributed by atoms with Gasteiger partial charge in [-0.25, -0.2) is 27.1 Å². The van der Waals surface area contributed by atoms with Gasteiger partial charge in [-0.2, -0.15) is 0 Å². The van der Waals surface area contributed by atoms with Crippen LogP contribution in [0.1, 0.15) is 79.1 Å². The maximum Gasteiger partial charge on any atom is 0.319 e. The number of benzene rings is 2. The number of nitrogens with one attached hydrogen (secondary N) is 3. The molecule has 26 heteroatoms. The van der Waals surface area contributed by atoms with E-state index < -0.39 is 92.0 Å². The van der Waals surface area contributed by atoms with Crippen LogP contribution in [0.2, 0.25) is 0 Å². The van der Waals surface area contributed by atoms with Crippen molar-refractivity contribution in [1.29, 1.82) is 0 Å². The minimum atomic E-state index is -4.02. The van der Waals surface area contributed by atoms with E-state index in [0.717, 1.165) is 13.4 Å². The summed E-state index contributed by atoms with van der Waals surface area (Å²) in [5, 5.41) is 18.7. The zero-order valence-corrected chi connectivity index (χ0v) is 44.2. The molecule has 3 aliphatic heterocycles. The molecule has 7 N–H and O–H groups in total. The van der Waals surface area contributed by atoms with Crippen molar-refractivity contribution in [3.05, 3.63) is 48.5 Å². The van der Waals surface area contributed by atoms with Gasteiger partial charge in [-0.3, -0.25) is 43.4 Å². The van der Waals surface area contributed by atoms with Gasteiger partial charge in [0.25, 0.3) is 0 Å². The zero-order valence-electron chi connectivity index (χ0n) is 42.6.